The topological polar surface area (TPSA) is 9.23 Å². The van der Waals surface area contributed by atoms with E-state index in [4.69, 9.17) is 16.3 Å². The zero-order chi connectivity index (χ0) is 12.2. The first-order valence-electron chi connectivity index (χ1n) is 5.76. The molecule has 1 atom stereocenters. The van der Waals surface area contributed by atoms with E-state index in [0.29, 0.717) is 0 Å². The van der Waals surface area contributed by atoms with Crippen molar-refractivity contribution in [1.82, 2.24) is 0 Å². The van der Waals surface area contributed by atoms with Gasteiger partial charge in [-0.15, -0.1) is 11.6 Å². The lowest BCUT2D eigenvalue weighted by atomic mass is 9.83. The normalized spacial score (nSPS) is 13.6. The third-order valence-electron chi connectivity index (χ3n) is 3.33. The summed E-state index contributed by atoms with van der Waals surface area (Å²) in [5.41, 5.74) is 1.45. The molecule has 0 saturated carbocycles. The molecule has 0 aromatic heterocycles. The summed E-state index contributed by atoms with van der Waals surface area (Å²) in [5, 5.41) is 0.172. The van der Waals surface area contributed by atoms with E-state index in [1.54, 1.807) is 7.11 Å². The maximum Gasteiger partial charge on any atom is 0.118 e. The lowest BCUT2D eigenvalue weighted by Crippen LogP contribution is -2.25. The number of rotatable bonds is 5. The summed E-state index contributed by atoms with van der Waals surface area (Å²) in [6.07, 6.45) is 2.00. The Bertz CT molecular complexity index is 316. The average Bonchev–Trinajstić information content (AvgIpc) is 2.30. The summed E-state index contributed by atoms with van der Waals surface area (Å²) < 4.78 is 5.13. The van der Waals surface area contributed by atoms with E-state index < -0.39 is 0 Å². The first-order chi connectivity index (χ1) is 7.49. The third-order valence-corrected chi connectivity index (χ3v) is 4.08. The van der Waals surface area contributed by atoms with Gasteiger partial charge in [0.1, 0.15) is 5.75 Å². The highest BCUT2D eigenvalue weighted by molar-refractivity contribution is 6.21. The van der Waals surface area contributed by atoms with Crippen LogP contribution in [0.15, 0.2) is 24.3 Å². The van der Waals surface area contributed by atoms with Gasteiger partial charge in [-0.05, 0) is 36.0 Å². The van der Waals surface area contributed by atoms with Crippen LogP contribution >= 0.6 is 11.6 Å². The second-order valence-electron chi connectivity index (χ2n) is 4.86. The molecule has 0 N–H and O–H groups in total. The van der Waals surface area contributed by atoms with Crippen molar-refractivity contribution in [3.8, 4) is 5.75 Å². The van der Waals surface area contributed by atoms with Crippen LogP contribution in [0, 0.1) is 5.41 Å². The van der Waals surface area contributed by atoms with Crippen molar-refractivity contribution in [3.63, 3.8) is 0 Å². The van der Waals surface area contributed by atoms with Crippen LogP contribution in [0.3, 0.4) is 0 Å². The molecular formula is C14H21ClO. The molecular weight excluding hydrogens is 220 g/mol. The number of halogens is 1. The van der Waals surface area contributed by atoms with Crippen LogP contribution in [0.4, 0.5) is 0 Å². The number of methoxy groups -OCH3 is 1. The predicted molar refractivity (Wildman–Crippen MR) is 70.4 cm³/mol. The number of alkyl halides is 1. The lowest BCUT2D eigenvalue weighted by molar-refractivity contribution is 0.330. The molecule has 0 aliphatic heterocycles. The molecule has 1 nitrogen and oxygen atoms in total. The van der Waals surface area contributed by atoms with Crippen molar-refractivity contribution >= 4 is 11.6 Å². The summed E-state index contributed by atoms with van der Waals surface area (Å²) in [4.78, 5) is 0. The molecule has 1 aromatic carbocycles. The Labute approximate surface area is 104 Å². The average molecular weight is 241 g/mol. The summed E-state index contributed by atoms with van der Waals surface area (Å²) in [6.45, 7) is 6.62. The minimum atomic E-state index is 0.172. The zero-order valence-corrected chi connectivity index (χ0v) is 11.3. The quantitative estimate of drug-likeness (QED) is 0.698. The fourth-order valence-corrected chi connectivity index (χ4v) is 1.80. The van der Waals surface area contributed by atoms with Gasteiger partial charge in [-0.3, -0.25) is 0 Å². The first kappa shape index (κ1) is 13.4. The third kappa shape index (κ3) is 3.41. The van der Waals surface area contributed by atoms with Crippen LogP contribution in [-0.2, 0) is 6.42 Å². The van der Waals surface area contributed by atoms with Crippen LogP contribution in [-0.4, -0.2) is 12.5 Å². The van der Waals surface area contributed by atoms with Crippen LogP contribution in [0.1, 0.15) is 32.8 Å². The Morgan fingerprint density at radius 1 is 1.25 bits per heavy atom. The van der Waals surface area contributed by atoms with E-state index in [1.807, 2.05) is 12.1 Å². The summed E-state index contributed by atoms with van der Waals surface area (Å²) in [5.74, 6) is 0.893. The maximum absolute atomic E-state index is 6.45. The van der Waals surface area contributed by atoms with Crippen molar-refractivity contribution in [2.24, 2.45) is 5.41 Å². The second-order valence-corrected chi connectivity index (χ2v) is 5.39. The fraction of sp³-hybridized carbons (Fsp3) is 0.571. The summed E-state index contributed by atoms with van der Waals surface area (Å²) >= 11 is 6.45. The van der Waals surface area contributed by atoms with Crippen LogP contribution in [0.2, 0.25) is 0 Å². The second kappa shape index (κ2) is 5.58. The molecule has 0 radical (unpaired) electrons. The van der Waals surface area contributed by atoms with Crippen molar-refractivity contribution in [2.45, 2.75) is 39.0 Å². The van der Waals surface area contributed by atoms with Gasteiger partial charge in [-0.2, -0.15) is 0 Å². The molecule has 16 heavy (non-hydrogen) atoms. The Hall–Kier alpha value is -0.690. The minimum absolute atomic E-state index is 0.172. The lowest BCUT2D eigenvalue weighted by Gasteiger charge is -2.28. The highest BCUT2D eigenvalue weighted by Crippen LogP contribution is 2.31. The molecule has 0 spiro atoms. The fourth-order valence-electron chi connectivity index (χ4n) is 1.47. The van der Waals surface area contributed by atoms with Gasteiger partial charge in [-0.25, -0.2) is 0 Å². The monoisotopic (exact) mass is 240 g/mol. The summed E-state index contributed by atoms with van der Waals surface area (Å²) in [6, 6.07) is 8.13. The van der Waals surface area contributed by atoms with E-state index in [-0.39, 0.29) is 10.8 Å². The molecule has 0 heterocycles. The number of ether oxygens (including phenoxy) is 1. The first-order valence-corrected chi connectivity index (χ1v) is 6.20. The molecule has 0 bridgehead atoms. The van der Waals surface area contributed by atoms with Crippen molar-refractivity contribution < 1.29 is 4.74 Å². The number of benzene rings is 1. The van der Waals surface area contributed by atoms with Gasteiger partial charge >= 0.3 is 0 Å². The number of hydrogen-bond donors (Lipinski definition) is 0. The van der Waals surface area contributed by atoms with Gasteiger partial charge in [0, 0.05) is 5.38 Å². The smallest absolute Gasteiger partial charge is 0.118 e. The van der Waals surface area contributed by atoms with Gasteiger partial charge in [0.05, 0.1) is 7.11 Å². The zero-order valence-electron chi connectivity index (χ0n) is 10.6. The minimum Gasteiger partial charge on any atom is -0.497 e. The Kier molecular flexibility index (Phi) is 4.67. The molecule has 1 rings (SSSR count). The van der Waals surface area contributed by atoms with Gasteiger partial charge in [-0.1, -0.05) is 32.9 Å². The molecule has 0 saturated heterocycles. The highest BCUT2D eigenvalue weighted by atomic mass is 35.5. The van der Waals surface area contributed by atoms with Crippen LogP contribution in [0.5, 0.6) is 5.75 Å². The Morgan fingerprint density at radius 3 is 2.25 bits per heavy atom. The van der Waals surface area contributed by atoms with Crippen molar-refractivity contribution in [2.75, 3.05) is 7.11 Å². The largest absolute Gasteiger partial charge is 0.497 e. The van der Waals surface area contributed by atoms with Crippen LogP contribution in [0.25, 0.3) is 0 Å². The van der Waals surface area contributed by atoms with E-state index >= 15 is 0 Å². The van der Waals surface area contributed by atoms with Crippen molar-refractivity contribution in [3.05, 3.63) is 29.8 Å². The molecule has 0 fully saturated rings. The standard InChI is InChI=1S/C14H21ClO/c1-5-14(2,3)13(15)10-11-6-8-12(16-4)9-7-11/h6-9,13H,5,10H2,1-4H3. The molecule has 2 heteroatoms. The molecule has 1 aromatic rings. The van der Waals surface area contributed by atoms with E-state index in [9.17, 15) is 0 Å². The van der Waals surface area contributed by atoms with E-state index in [1.165, 1.54) is 5.56 Å². The predicted octanol–water partition coefficient (Wildman–Crippen LogP) is 4.28. The van der Waals surface area contributed by atoms with Gasteiger partial charge in [0.25, 0.3) is 0 Å². The van der Waals surface area contributed by atoms with Gasteiger partial charge < -0.3 is 4.74 Å². The molecule has 90 valence electrons. The molecule has 0 amide bonds. The SMILES string of the molecule is CCC(C)(C)C(Cl)Cc1ccc(OC)cc1. The van der Waals surface area contributed by atoms with Crippen molar-refractivity contribution in [1.29, 1.82) is 0 Å². The van der Waals surface area contributed by atoms with Gasteiger partial charge in [0.15, 0.2) is 0 Å². The highest BCUT2D eigenvalue weighted by Gasteiger charge is 2.25. The maximum atomic E-state index is 6.45. The Balaban J connectivity index is 2.66. The van der Waals surface area contributed by atoms with Gasteiger partial charge in [0.2, 0.25) is 0 Å². The number of hydrogen-bond acceptors (Lipinski definition) is 1. The molecule has 1 unspecified atom stereocenters. The Morgan fingerprint density at radius 2 is 1.81 bits per heavy atom. The van der Waals surface area contributed by atoms with Crippen LogP contribution < -0.4 is 4.74 Å². The summed E-state index contributed by atoms with van der Waals surface area (Å²) in [7, 11) is 1.68. The van der Waals surface area contributed by atoms with E-state index in [2.05, 4.69) is 32.9 Å². The molecule has 0 aliphatic carbocycles. The van der Waals surface area contributed by atoms with E-state index in [0.717, 1.165) is 18.6 Å². The molecule has 0 aliphatic rings.